The van der Waals surface area contributed by atoms with E-state index in [1.165, 1.54) is 32.1 Å². The van der Waals surface area contributed by atoms with Crippen molar-refractivity contribution < 1.29 is 9.90 Å². The van der Waals surface area contributed by atoms with Crippen LogP contribution in [0.3, 0.4) is 0 Å². The van der Waals surface area contributed by atoms with Crippen molar-refractivity contribution in [3.8, 4) is 0 Å². The molecule has 0 aliphatic rings. The Bertz CT molecular complexity index is 341. The summed E-state index contributed by atoms with van der Waals surface area (Å²) in [7, 11) is 0. The van der Waals surface area contributed by atoms with E-state index < -0.39 is 0 Å². The molecule has 24 heavy (non-hydrogen) atoms. The van der Waals surface area contributed by atoms with Gasteiger partial charge in [0.05, 0.1) is 6.61 Å². The monoisotopic (exact) mass is 338 g/mol. The predicted octanol–water partition coefficient (Wildman–Crippen LogP) is 3.67. The average Bonchev–Trinajstić information content (AvgIpc) is 2.57. The van der Waals surface area contributed by atoms with E-state index in [0.29, 0.717) is 13.1 Å². The van der Waals surface area contributed by atoms with Gasteiger partial charge in [-0.1, -0.05) is 57.8 Å². The zero-order valence-corrected chi connectivity index (χ0v) is 15.8. The highest BCUT2D eigenvalue weighted by atomic mass is 16.3. The Balaban J connectivity index is 3.84. The number of unbranched alkanes of at least 4 members (excludes halogenated alkanes) is 6. The SMILES string of the molecule is CCCCC/C=C/CN(CCO)CCNC(=O)/C=C/CCCCC. The zero-order valence-electron chi connectivity index (χ0n) is 15.8. The number of carbonyl (C=O) groups is 1. The summed E-state index contributed by atoms with van der Waals surface area (Å²) in [5.41, 5.74) is 0. The van der Waals surface area contributed by atoms with Crippen LogP contribution < -0.4 is 5.32 Å². The van der Waals surface area contributed by atoms with Gasteiger partial charge >= 0.3 is 0 Å². The van der Waals surface area contributed by atoms with E-state index >= 15 is 0 Å². The van der Waals surface area contributed by atoms with Crippen LogP contribution in [-0.4, -0.2) is 48.7 Å². The van der Waals surface area contributed by atoms with E-state index in [9.17, 15) is 4.79 Å². The standard InChI is InChI=1S/C20H38N2O2/c1-3-5-7-9-11-13-16-22(18-19-23)17-15-21-20(24)14-12-10-8-6-4-2/h11-14,23H,3-10,15-19H2,1-2H3,(H,21,24)/b13-11+,14-12+. The van der Waals surface area contributed by atoms with Gasteiger partial charge in [-0.05, 0) is 31.8 Å². The summed E-state index contributed by atoms with van der Waals surface area (Å²) in [6.07, 6.45) is 17.4. The van der Waals surface area contributed by atoms with Crippen molar-refractivity contribution in [2.45, 2.75) is 65.2 Å². The largest absolute Gasteiger partial charge is 0.395 e. The van der Waals surface area contributed by atoms with Crippen LogP contribution >= 0.6 is 0 Å². The second kappa shape index (κ2) is 18.2. The molecule has 0 aromatic heterocycles. The lowest BCUT2D eigenvalue weighted by Gasteiger charge is -2.19. The summed E-state index contributed by atoms with van der Waals surface area (Å²) < 4.78 is 0. The lowest BCUT2D eigenvalue weighted by molar-refractivity contribution is -0.116. The number of aliphatic hydroxyl groups excluding tert-OH is 1. The number of nitrogens with zero attached hydrogens (tertiary/aromatic N) is 1. The second-order valence-electron chi connectivity index (χ2n) is 6.18. The number of hydrogen-bond donors (Lipinski definition) is 2. The van der Waals surface area contributed by atoms with Gasteiger partial charge in [0.2, 0.25) is 5.91 Å². The Morgan fingerprint density at radius 3 is 2.25 bits per heavy atom. The van der Waals surface area contributed by atoms with E-state index in [0.717, 1.165) is 32.4 Å². The molecule has 0 aromatic rings. The number of rotatable bonds is 16. The van der Waals surface area contributed by atoms with Gasteiger partial charge in [0.1, 0.15) is 0 Å². The normalized spacial score (nSPS) is 11.8. The van der Waals surface area contributed by atoms with E-state index in [4.69, 9.17) is 5.11 Å². The molecule has 0 rings (SSSR count). The predicted molar refractivity (Wildman–Crippen MR) is 103 cm³/mol. The molecule has 0 heterocycles. The third-order valence-electron chi connectivity index (χ3n) is 3.89. The van der Waals surface area contributed by atoms with Crippen molar-refractivity contribution in [2.75, 3.05) is 32.8 Å². The summed E-state index contributed by atoms with van der Waals surface area (Å²) in [5.74, 6) is -0.0226. The van der Waals surface area contributed by atoms with Gasteiger partial charge in [-0.3, -0.25) is 9.69 Å². The quantitative estimate of drug-likeness (QED) is 0.256. The fourth-order valence-electron chi connectivity index (χ4n) is 2.39. The number of aliphatic hydroxyl groups is 1. The van der Waals surface area contributed by atoms with Crippen LogP contribution in [0, 0.1) is 0 Å². The van der Waals surface area contributed by atoms with Gasteiger partial charge in [0, 0.05) is 26.2 Å². The maximum Gasteiger partial charge on any atom is 0.243 e. The van der Waals surface area contributed by atoms with Crippen LogP contribution in [0.15, 0.2) is 24.3 Å². The van der Waals surface area contributed by atoms with E-state index in [-0.39, 0.29) is 12.5 Å². The Labute approximate surface area is 149 Å². The highest BCUT2D eigenvalue weighted by Crippen LogP contribution is 2.00. The average molecular weight is 339 g/mol. The van der Waals surface area contributed by atoms with Crippen molar-refractivity contribution in [2.24, 2.45) is 0 Å². The van der Waals surface area contributed by atoms with E-state index in [1.807, 2.05) is 6.08 Å². The molecule has 1 amide bonds. The summed E-state index contributed by atoms with van der Waals surface area (Å²) in [6, 6.07) is 0. The van der Waals surface area contributed by atoms with Gasteiger partial charge in [0.15, 0.2) is 0 Å². The first kappa shape index (κ1) is 22.9. The smallest absolute Gasteiger partial charge is 0.243 e. The molecule has 0 spiro atoms. The molecule has 0 aliphatic carbocycles. The van der Waals surface area contributed by atoms with Crippen molar-refractivity contribution in [1.29, 1.82) is 0 Å². The molecular weight excluding hydrogens is 300 g/mol. The molecule has 0 saturated carbocycles. The summed E-state index contributed by atoms with van der Waals surface area (Å²) in [6.45, 7) is 7.37. The van der Waals surface area contributed by atoms with Crippen LogP contribution in [0.4, 0.5) is 0 Å². The van der Waals surface area contributed by atoms with Crippen LogP contribution in [0.1, 0.15) is 65.2 Å². The molecule has 140 valence electrons. The molecule has 0 saturated heterocycles. The van der Waals surface area contributed by atoms with Crippen molar-refractivity contribution in [3.63, 3.8) is 0 Å². The molecule has 0 radical (unpaired) electrons. The Hall–Kier alpha value is -1.13. The van der Waals surface area contributed by atoms with E-state index in [2.05, 4.69) is 36.2 Å². The molecule has 0 aromatic carbocycles. The minimum Gasteiger partial charge on any atom is -0.395 e. The minimum absolute atomic E-state index is 0.0226. The molecular formula is C20H38N2O2. The number of nitrogens with one attached hydrogen (secondary N) is 1. The number of amides is 1. The maximum atomic E-state index is 11.7. The lowest BCUT2D eigenvalue weighted by atomic mass is 10.2. The molecule has 0 atom stereocenters. The first-order valence-electron chi connectivity index (χ1n) is 9.67. The fourth-order valence-corrected chi connectivity index (χ4v) is 2.39. The van der Waals surface area contributed by atoms with Gasteiger partial charge in [-0.15, -0.1) is 0 Å². The van der Waals surface area contributed by atoms with Gasteiger partial charge in [-0.2, -0.15) is 0 Å². The highest BCUT2D eigenvalue weighted by molar-refractivity contribution is 5.87. The first-order chi connectivity index (χ1) is 11.7. The lowest BCUT2D eigenvalue weighted by Crippen LogP contribution is -2.36. The number of allylic oxidation sites excluding steroid dienone is 2. The van der Waals surface area contributed by atoms with Crippen LogP contribution in [-0.2, 0) is 4.79 Å². The molecule has 4 nitrogen and oxygen atoms in total. The Morgan fingerprint density at radius 2 is 1.62 bits per heavy atom. The molecule has 0 fully saturated rings. The number of hydrogen-bond acceptors (Lipinski definition) is 3. The maximum absolute atomic E-state index is 11.7. The summed E-state index contributed by atoms with van der Waals surface area (Å²) >= 11 is 0. The highest BCUT2D eigenvalue weighted by Gasteiger charge is 2.02. The Kier molecular flexibility index (Phi) is 17.4. The molecule has 0 unspecified atom stereocenters. The van der Waals surface area contributed by atoms with Crippen LogP contribution in [0.2, 0.25) is 0 Å². The molecule has 4 heteroatoms. The zero-order chi connectivity index (χ0) is 17.9. The third kappa shape index (κ3) is 15.8. The summed E-state index contributed by atoms with van der Waals surface area (Å²) in [4.78, 5) is 13.9. The van der Waals surface area contributed by atoms with Crippen molar-refractivity contribution >= 4 is 5.91 Å². The van der Waals surface area contributed by atoms with Crippen LogP contribution in [0.25, 0.3) is 0 Å². The molecule has 0 bridgehead atoms. The Morgan fingerprint density at radius 1 is 0.958 bits per heavy atom. The number of carbonyl (C=O) groups excluding carboxylic acids is 1. The van der Waals surface area contributed by atoms with Crippen molar-refractivity contribution in [3.05, 3.63) is 24.3 Å². The van der Waals surface area contributed by atoms with Gasteiger partial charge in [0.25, 0.3) is 0 Å². The fraction of sp³-hybridized carbons (Fsp3) is 0.750. The topological polar surface area (TPSA) is 52.6 Å². The third-order valence-corrected chi connectivity index (χ3v) is 3.89. The van der Waals surface area contributed by atoms with Gasteiger partial charge < -0.3 is 10.4 Å². The first-order valence-corrected chi connectivity index (χ1v) is 9.67. The summed E-state index contributed by atoms with van der Waals surface area (Å²) in [5, 5.41) is 12.0. The second-order valence-corrected chi connectivity index (χ2v) is 6.18. The van der Waals surface area contributed by atoms with Gasteiger partial charge in [-0.25, -0.2) is 0 Å². The van der Waals surface area contributed by atoms with Crippen molar-refractivity contribution in [1.82, 2.24) is 10.2 Å². The van der Waals surface area contributed by atoms with E-state index in [1.54, 1.807) is 6.08 Å². The molecule has 2 N–H and O–H groups in total. The van der Waals surface area contributed by atoms with Crippen LogP contribution in [0.5, 0.6) is 0 Å². The molecule has 0 aliphatic heterocycles. The minimum atomic E-state index is -0.0226.